The molecule has 0 bridgehead atoms. The monoisotopic (exact) mass is 214 g/mol. The fraction of sp³-hybridized carbons (Fsp3) is 0.600. The van der Waals surface area contributed by atoms with E-state index in [2.05, 4.69) is 23.8 Å². The molecule has 0 spiro atoms. The fourth-order valence-corrected chi connectivity index (χ4v) is 1.66. The van der Waals surface area contributed by atoms with Crippen LogP contribution in [0.3, 0.4) is 0 Å². The van der Waals surface area contributed by atoms with E-state index < -0.39 is 0 Å². The molecule has 0 saturated heterocycles. The molecule has 0 radical (unpaired) electrons. The van der Waals surface area contributed by atoms with E-state index in [1.165, 1.54) is 0 Å². The average molecular weight is 215 g/mol. The number of aryl methyl sites for hydroxylation is 1. The molecule has 2 rings (SSSR count). The lowest BCUT2D eigenvalue weighted by molar-refractivity contribution is 0.0967. The second-order valence-electron chi connectivity index (χ2n) is 3.88. The topological polar surface area (TPSA) is 45.8 Å². The van der Waals surface area contributed by atoms with E-state index in [0.29, 0.717) is 18.0 Å². The van der Waals surface area contributed by atoms with Crippen molar-refractivity contribution < 1.29 is 4.79 Å². The van der Waals surface area contributed by atoms with Crippen molar-refractivity contribution in [1.29, 1.82) is 0 Å². The van der Waals surface area contributed by atoms with Crippen LogP contribution in [-0.4, -0.2) is 15.8 Å². The van der Waals surface area contributed by atoms with E-state index in [4.69, 9.17) is 0 Å². The first-order valence-corrected chi connectivity index (χ1v) is 4.80. The summed E-state index contributed by atoms with van der Waals surface area (Å²) >= 11 is 0. The maximum atomic E-state index is 11.4. The molecule has 0 fully saturated rings. The van der Waals surface area contributed by atoms with Gasteiger partial charge in [0.15, 0.2) is 5.78 Å². The lowest BCUT2D eigenvalue weighted by Gasteiger charge is -2.06. The van der Waals surface area contributed by atoms with Gasteiger partial charge in [-0.2, -0.15) is 0 Å². The normalized spacial score (nSPS) is 15.2. The zero-order chi connectivity index (χ0) is 9.42. The molecule has 0 aliphatic heterocycles. The van der Waals surface area contributed by atoms with E-state index in [-0.39, 0.29) is 18.2 Å². The number of Topliss-reactive ketones (excluding diaryl/α,β-unsaturated/α-hetero) is 1. The Morgan fingerprint density at radius 1 is 1.36 bits per heavy atom. The van der Waals surface area contributed by atoms with Crippen LogP contribution >= 0.6 is 12.4 Å². The largest absolute Gasteiger partial charge is 0.345 e. The van der Waals surface area contributed by atoms with Crippen LogP contribution in [0.2, 0.25) is 0 Å². The van der Waals surface area contributed by atoms with Gasteiger partial charge in [0.25, 0.3) is 0 Å². The van der Waals surface area contributed by atoms with Gasteiger partial charge in [0.2, 0.25) is 0 Å². The third-order valence-electron chi connectivity index (χ3n) is 2.44. The van der Waals surface area contributed by atoms with Crippen molar-refractivity contribution in [2.45, 2.75) is 39.0 Å². The highest BCUT2D eigenvalue weighted by Gasteiger charge is 2.22. The van der Waals surface area contributed by atoms with Crippen LogP contribution in [0.15, 0.2) is 0 Å². The van der Waals surface area contributed by atoms with Gasteiger partial charge in [-0.05, 0) is 12.8 Å². The first-order valence-electron chi connectivity index (χ1n) is 4.80. The smallest absolute Gasteiger partial charge is 0.183 e. The summed E-state index contributed by atoms with van der Waals surface area (Å²) in [4.78, 5) is 19.0. The molecule has 1 aliphatic rings. The van der Waals surface area contributed by atoms with Gasteiger partial charge in [-0.1, -0.05) is 13.8 Å². The number of nitrogens with one attached hydrogen (secondary N) is 1. The van der Waals surface area contributed by atoms with Crippen LogP contribution in [0.4, 0.5) is 0 Å². The Labute approximate surface area is 89.7 Å². The van der Waals surface area contributed by atoms with E-state index in [1.54, 1.807) is 0 Å². The number of nitrogens with zero attached hydrogens (tertiary/aromatic N) is 1. The highest BCUT2D eigenvalue weighted by Crippen LogP contribution is 2.21. The molecule has 14 heavy (non-hydrogen) atoms. The summed E-state index contributed by atoms with van der Waals surface area (Å²) in [6.45, 7) is 4.16. The van der Waals surface area contributed by atoms with Crippen molar-refractivity contribution in [3.8, 4) is 0 Å². The number of rotatable bonds is 1. The maximum absolute atomic E-state index is 11.4. The second kappa shape index (κ2) is 4.13. The van der Waals surface area contributed by atoms with Gasteiger partial charge >= 0.3 is 0 Å². The van der Waals surface area contributed by atoms with Crippen LogP contribution in [0.25, 0.3) is 0 Å². The summed E-state index contributed by atoms with van der Waals surface area (Å²) < 4.78 is 0. The molecule has 1 aliphatic carbocycles. The number of fused-ring (bicyclic) bond motifs is 1. The van der Waals surface area contributed by atoms with Crippen LogP contribution in [0.1, 0.15) is 54.6 Å². The predicted molar refractivity (Wildman–Crippen MR) is 57.2 cm³/mol. The Hall–Kier alpha value is -0.830. The maximum Gasteiger partial charge on any atom is 0.183 e. The lowest BCUT2D eigenvalue weighted by atomic mass is 10.0. The van der Waals surface area contributed by atoms with Crippen LogP contribution in [0.5, 0.6) is 0 Å². The minimum absolute atomic E-state index is 0. The number of carbonyl (C=O) groups excluding carboxylic acids is 1. The highest BCUT2D eigenvalue weighted by molar-refractivity contribution is 5.96. The number of hydrogen-bond acceptors (Lipinski definition) is 2. The zero-order valence-electron chi connectivity index (χ0n) is 8.46. The summed E-state index contributed by atoms with van der Waals surface area (Å²) in [6.07, 6.45) is 2.60. The summed E-state index contributed by atoms with van der Waals surface area (Å²) in [5, 5.41) is 0. The standard InChI is InChI=1S/C10H14N2O.ClH/c1-6(2)10-11-7-4-3-5-8(13)9(7)12-10;/h6H,3-5H2,1-2H3,(H,11,12);1H. The Morgan fingerprint density at radius 2 is 2.07 bits per heavy atom. The number of aromatic nitrogens is 2. The number of aromatic amines is 1. The van der Waals surface area contributed by atoms with Crippen molar-refractivity contribution in [3.05, 3.63) is 17.2 Å². The third kappa shape index (κ3) is 1.82. The molecule has 3 nitrogen and oxygen atoms in total. The van der Waals surface area contributed by atoms with Crippen molar-refractivity contribution >= 4 is 18.2 Å². The first-order chi connectivity index (χ1) is 6.18. The molecule has 0 saturated carbocycles. The summed E-state index contributed by atoms with van der Waals surface area (Å²) in [5.41, 5.74) is 1.73. The summed E-state index contributed by atoms with van der Waals surface area (Å²) in [7, 11) is 0. The number of hydrogen-bond donors (Lipinski definition) is 1. The molecular weight excluding hydrogens is 200 g/mol. The van der Waals surface area contributed by atoms with Gasteiger partial charge in [0.1, 0.15) is 11.5 Å². The molecule has 0 atom stereocenters. The van der Waals surface area contributed by atoms with Gasteiger partial charge < -0.3 is 4.98 Å². The van der Waals surface area contributed by atoms with E-state index in [9.17, 15) is 4.79 Å². The third-order valence-corrected chi connectivity index (χ3v) is 2.44. The molecule has 0 aromatic carbocycles. The fourth-order valence-electron chi connectivity index (χ4n) is 1.66. The number of ketones is 1. The predicted octanol–water partition coefficient (Wildman–Crippen LogP) is 2.47. The van der Waals surface area contributed by atoms with E-state index >= 15 is 0 Å². The Morgan fingerprint density at radius 3 is 2.64 bits per heavy atom. The molecule has 1 aromatic heterocycles. The van der Waals surface area contributed by atoms with Crippen molar-refractivity contribution in [2.24, 2.45) is 0 Å². The molecule has 0 amide bonds. The molecule has 1 heterocycles. The average Bonchev–Trinajstić information content (AvgIpc) is 2.49. The van der Waals surface area contributed by atoms with Crippen LogP contribution in [0, 0.1) is 0 Å². The van der Waals surface area contributed by atoms with Crippen molar-refractivity contribution in [3.63, 3.8) is 0 Å². The number of halogens is 1. The Bertz CT molecular complexity index is 344. The number of carbonyl (C=O) groups is 1. The SMILES string of the molecule is CC(C)c1nc2c([nH]1)CCCC2=O.Cl. The van der Waals surface area contributed by atoms with Gasteiger partial charge in [-0.15, -0.1) is 12.4 Å². The molecule has 0 unspecified atom stereocenters. The Kier molecular flexibility index (Phi) is 3.32. The number of H-pyrrole nitrogens is 1. The van der Waals surface area contributed by atoms with Gasteiger partial charge in [-0.25, -0.2) is 4.98 Å². The molecule has 4 heteroatoms. The van der Waals surface area contributed by atoms with Gasteiger partial charge in [0.05, 0.1) is 0 Å². The summed E-state index contributed by atoms with van der Waals surface area (Å²) in [6, 6.07) is 0. The van der Waals surface area contributed by atoms with E-state index in [1.807, 2.05) is 0 Å². The molecule has 78 valence electrons. The zero-order valence-corrected chi connectivity index (χ0v) is 9.28. The molecular formula is C10H15ClN2O. The minimum Gasteiger partial charge on any atom is -0.345 e. The van der Waals surface area contributed by atoms with Crippen LogP contribution < -0.4 is 0 Å². The molecule has 1 N–H and O–H groups in total. The van der Waals surface area contributed by atoms with Crippen molar-refractivity contribution in [2.75, 3.05) is 0 Å². The first kappa shape index (κ1) is 11.2. The lowest BCUT2D eigenvalue weighted by Crippen LogP contribution is -2.09. The Balaban J connectivity index is 0.000000980. The van der Waals surface area contributed by atoms with E-state index in [0.717, 1.165) is 24.4 Å². The second-order valence-corrected chi connectivity index (χ2v) is 3.88. The number of imidazole rings is 1. The molecule has 1 aromatic rings. The van der Waals surface area contributed by atoms with Crippen LogP contribution in [-0.2, 0) is 6.42 Å². The van der Waals surface area contributed by atoms with Crippen molar-refractivity contribution in [1.82, 2.24) is 9.97 Å². The van der Waals surface area contributed by atoms with Gasteiger partial charge in [0, 0.05) is 18.0 Å². The van der Waals surface area contributed by atoms with Gasteiger partial charge in [-0.3, -0.25) is 4.79 Å². The summed E-state index contributed by atoms with van der Waals surface area (Å²) in [5.74, 6) is 1.52. The highest BCUT2D eigenvalue weighted by atomic mass is 35.5. The minimum atomic E-state index is 0. The quantitative estimate of drug-likeness (QED) is 0.781.